The normalized spacial score (nSPS) is 27.1. The van der Waals surface area contributed by atoms with E-state index in [0.29, 0.717) is 25.5 Å². The lowest BCUT2D eigenvalue weighted by molar-refractivity contribution is -0.154. The predicted octanol–water partition coefficient (Wildman–Crippen LogP) is 2.01. The summed E-state index contributed by atoms with van der Waals surface area (Å²) < 4.78 is 5.50. The van der Waals surface area contributed by atoms with Gasteiger partial charge in [-0.15, -0.1) is 0 Å². The molecule has 0 aromatic heterocycles. The molecular weight excluding hydrogens is 258 g/mol. The monoisotopic (exact) mass is 285 g/mol. The van der Waals surface area contributed by atoms with Crippen LogP contribution in [0, 0.1) is 17.8 Å². The van der Waals surface area contributed by atoms with E-state index in [1.165, 1.54) is 0 Å². The summed E-state index contributed by atoms with van der Waals surface area (Å²) in [5.41, 5.74) is 0. The van der Waals surface area contributed by atoms with Crippen LogP contribution in [0.5, 0.6) is 0 Å². The number of piperidine rings is 1. The van der Waals surface area contributed by atoms with Gasteiger partial charge in [0.25, 0.3) is 0 Å². The van der Waals surface area contributed by atoms with Gasteiger partial charge in [-0.2, -0.15) is 0 Å². The van der Waals surface area contributed by atoms with Crippen molar-refractivity contribution in [3.05, 3.63) is 0 Å². The number of carboxylic acid groups (broad SMARTS) is 1. The van der Waals surface area contributed by atoms with E-state index >= 15 is 0 Å². The zero-order chi connectivity index (χ0) is 15.3. The van der Waals surface area contributed by atoms with Crippen LogP contribution in [-0.2, 0) is 14.3 Å². The predicted molar refractivity (Wildman–Crippen MR) is 76.4 cm³/mol. The number of carboxylic acids is 1. The van der Waals surface area contributed by atoms with Crippen LogP contribution in [0.25, 0.3) is 0 Å². The van der Waals surface area contributed by atoms with Crippen molar-refractivity contribution in [2.45, 2.75) is 46.6 Å². The number of rotatable bonds is 7. The van der Waals surface area contributed by atoms with E-state index in [4.69, 9.17) is 4.74 Å². The van der Waals surface area contributed by atoms with Crippen molar-refractivity contribution in [2.24, 2.45) is 17.8 Å². The summed E-state index contributed by atoms with van der Waals surface area (Å²) in [5.74, 6) is -0.805. The Bertz CT molecular complexity index is 343. The molecule has 1 rings (SSSR count). The number of carbonyl (C=O) groups is 2. The molecule has 5 nitrogen and oxygen atoms in total. The molecule has 0 aliphatic carbocycles. The fourth-order valence-corrected chi connectivity index (χ4v) is 2.85. The third-order valence-corrected chi connectivity index (χ3v) is 3.87. The number of hydrogen-bond acceptors (Lipinski definition) is 3. The van der Waals surface area contributed by atoms with Crippen LogP contribution in [0.3, 0.4) is 0 Å². The summed E-state index contributed by atoms with van der Waals surface area (Å²) in [6.07, 6.45) is 1.08. The van der Waals surface area contributed by atoms with Crippen LogP contribution in [0.1, 0.15) is 40.5 Å². The van der Waals surface area contributed by atoms with Gasteiger partial charge in [0.05, 0.1) is 5.92 Å². The van der Waals surface area contributed by atoms with E-state index in [1.54, 1.807) is 4.90 Å². The second-order valence-corrected chi connectivity index (χ2v) is 6.20. The van der Waals surface area contributed by atoms with Gasteiger partial charge in [-0.05, 0) is 25.2 Å². The Labute approximate surface area is 121 Å². The van der Waals surface area contributed by atoms with E-state index in [1.807, 2.05) is 13.8 Å². The fourth-order valence-electron chi connectivity index (χ4n) is 2.85. The second-order valence-electron chi connectivity index (χ2n) is 6.20. The minimum atomic E-state index is -0.807. The first-order valence-electron chi connectivity index (χ1n) is 7.44. The van der Waals surface area contributed by atoms with Crippen molar-refractivity contribution >= 4 is 11.9 Å². The Kier molecular flexibility index (Phi) is 6.46. The molecule has 3 atom stereocenters. The molecule has 116 valence electrons. The van der Waals surface area contributed by atoms with Gasteiger partial charge in [-0.25, -0.2) is 0 Å². The lowest BCUT2D eigenvalue weighted by Crippen LogP contribution is -2.53. The first-order valence-corrected chi connectivity index (χ1v) is 7.44. The summed E-state index contributed by atoms with van der Waals surface area (Å²) in [7, 11) is 0. The standard InChI is InChI=1S/C15H27NO4/c1-10(2)9-20-7-5-6-16-12(4)14(15(18)19)11(3)8-13(16)17/h10-12,14H,5-9H2,1-4H3,(H,18,19). The van der Waals surface area contributed by atoms with Crippen molar-refractivity contribution in [1.82, 2.24) is 4.90 Å². The Balaban J connectivity index is 2.47. The molecule has 3 unspecified atom stereocenters. The number of ether oxygens (including phenoxy) is 1. The zero-order valence-corrected chi connectivity index (χ0v) is 13.0. The largest absolute Gasteiger partial charge is 0.481 e. The molecule has 0 saturated carbocycles. The van der Waals surface area contributed by atoms with E-state index in [-0.39, 0.29) is 17.9 Å². The lowest BCUT2D eigenvalue weighted by atomic mass is 9.81. The average Bonchev–Trinajstić information content (AvgIpc) is 2.30. The first kappa shape index (κ1) is 17.0. The molecule has 1 fully saturated rings. The van der Waals surface area contributed by atoms with Crippen LogP contribution in [0.2, 0.25) is 0 Å². The molecule has 5 heteroatoms. The molecular formula is C15H27NO4. The number of carbonyl (C=O) groups excluding carboxylic acids is 1. The number of nitrogens with zero attached hydrogens (tertiary/aromatic N) is 1. The quantitative estimate of drug-likeness (QED) is 0.727. The highest BCUT2D eigenvalue weighted by Crippen LogP contribution is 2.30. The third-order valence-electron chi connectivity index (χ3n) is 3.87. The highest BCUT2D eigenvalue weighted by atomic mass is 16.5. The molecule has 1 N–H and O–H groups in total. The fraction of sp³-hybridized carbons (Fsp3) is 0.867. The van der Waals surface area contributed by atoms with Gasteiger partial charge in [-0.3, -0.25) is 9.59 Å². The van der Waals surface area contributed by atoms with Crippen molar-refractivity contribution in [3.63, 3.8) is 0 Å². The topological polar surface area (TPSA) is 66.8 Å². The molecule has 1 aliphatic heterocycles. The Morgan fingerprint density at radius 3 is 2.65 bits per heavy atom. The van der Waals surface area contributed by atoms with Gasteiger partial charge in [-0.1, -0.05) is 20.8 Å². The molecule has 20 heavy (non-hydrogen) atoms. The highest BCUT2D eigenvalue weighted by Gasteiger charge is 2.41. The number of hydrogen-bond donors (Lipinski definition) is 1. The van der Waals surface area contributed by atoms with Crippen LogP contribution < -0.4 is 0 Å². The summed E-state index contributed by atoms with van der Waals surface area (Å²) in [4.78, 5) is 25.1. The summed E-state index contributed by atoms with van der Waals surface area (Å²) in [6.45, 7) is 9.77. The van der Waals surface area contributed by atoms with Gasteiger partial charge < -0.3 is 14.7 Å². The molecule has 0 aromatic rings. The highest BCUT2D eigenvalue weighted by molar-refractivity contribution is 5.81. The molecule has 0 radical (unpaired) electrons. The Hall–Kier alpha value is -1.10. The summed E-state index contributed by atoms with van der Waals surface area (Å²) >= 11 is 0. The van der Waals surface area contributed by atoms with E-state index in [2.05, 4.69) is 13.8 Å². The van der Waals surface area contributed by atoms with Gasteiger partial charge in [0, 0.05) is 32.2 Å². The third kappa shape index (κ3) is 4.47. The average molecular weight is 285 g/mol. The van der Waals surface area contributed by atoms with Crippen LogP contribution in [0.15, 0.2) is 0 Å². The summed E-state index contributed by atoms with van der Waals surface area (Å²) in [5, 5.41) is 9.29. The van der Waals surface area contributed by atoms with Gasteiger partial charge in [0.2, 0.25) is 5.91 Å². The van der Waals surface area contributed by atoms with Crippen LogP contribution >= 0.6 is 0 Å². The maximum Gasteiger partial charge on any atom is 0.308 e. The first-order chi connectivity index (χ1) is 9.34. The number of aliphatic carboxylic acids is 1. The Morgan fingerprint density at radius 1 is 1.45 bits per heavy atom. The molecule has 0 spiro atoms. The Morgan fingerprint density at radius 2 is 2.10 bits per heavy atom. The minimum absolute atomic E-state index is 0.0614. The van der Waals surface area contributed by atoms with Gasteiger partial charge in [0.15, 0.2) is 0 Å². The zero-order valence-electron chi connectivity index (χ0n) is 13.0. The number of amides is 1. The molecule has 0 aromatic carbocycles. The molecule has 0 bridgehead atoms. The van der Waals surface area contributed by atoms with Crippen LogP contribution in [-0.4, -0.2) is 47.7 Å². The van der Waals surface area contributed by atoms with Gasteiger partial charge >= 0.3 is 5.97 Å². The van der Waals surface area contributed by atoms with Crippen molar-refractivity contribution < 1.29 is 19.4 Å². The molecule has 1 saturated heterocycles. The van der Waals surface area contributed by atoms with Crippen molar-refractivity contribution in [3.8, 4) is 0 Å². The smallest absolute Gasteiger partial charge is 0.308 e. The summed E-state index contributed by atoms with van der Waals surface area (Å²) in [6, 6.07) is -0.242. The van der Waals surface area contributed by atoms with E-state index in [0.717, 1.165) is 13.0 Å². The maximum absolute atomic E-state index is 12.0. The van der Waals surface area contributed by atoms with E-state index in [9.17, 15) is 14.7 Å². The van der Waals surface area contributed by atoms with Crippen molar-refractivity contribution in [1.29, 1.82) is 0 Å². The molecule has 1 amide bonds. The van der Waals surface area contributed by atoms with Crippen LogP contribution in [0.4, 0.5) is 0 Å². The maximum atomic E-state index is 12.0. The van der Waals surface area contributed by atoms with Gasteiger partial charge in [0.1, 0.15) is 0 Å². The SMILES string of the molecule is CC(C)COCCCN1C(=O)CC(C)C(C(=O)O)C1C. The van der Waals surface area contributed by atoms with Crippen molar-refractivity contribution in [2.75, 3.05) is 19.8 Å². The van der Waals surface area contributed by atoms with E-state index < -0.39 is 11.9 Å². The molecule has 1 heterocycles. The molecule has 1 aliphatic rings. The minimum Gasteiger partial charge on any atom is -0.481 e. The lowest BCUT2D eigenvalue weighted by Gasteiger charge is -2.40. The number of likely N-dealkylation sites (tertiary alicyclic amines) is 1. The second kappa shape index (κ2) is 7.62.